The second-order valence-electron chi connectivity index (χ2n) is 8.75. The predicted molar refractivity (Wildman–Crippen MR) is 121 cm³/mol. The van der Waals surface area contributed by atoms with Crippen LogP contribution in [0.2, 0.25) is 0 Å². The van der Waals surface area contributed by atoms with Gasteiger partial charge >= 0.3 is 5.97 Å². The number of aliphatic imine (C=N–C) groups is 1. The number of carbonyl (C=O) groups is 3. The predicted octanol–water partition coefficient (Wildman–Crippen LogP) is 0.849. The highest BCUT2D eigenvalue weighted by Gasteiger charge is 2.40. The number of carboxylic acids is 1. The maximum absolute atomic E-state index is 12.8. The van der Waals surface area contributed by atoms with Gasteiger partial charge in [0, 0.05) is 18.7 Å². The van der Waals surface area contributed by atoms with Crippen LogP contribution >= 0.6 is 0 Å². The molecule has 9 heteroatoms. The maximum atomic E-state index is 12.8. The second kappa shape index (κ2) is 11.2. The number of hydrogen-bond donors (Lipinski definition) is 4. The molecular formula is C23H33N5O4. The summed E-state index contributed by atoms with van der Waals surface area (Å²) in [4.78, 5) is 41.2. The molecule has 9 nitrogen and oxygen atoms in total. The van der Waals surface area contributed by atoms with Gasteiger partial charge in [0.1, 0.15) is 12.4 Å². The first-order chi connectivity index (χ1) is 15.4. The summed E-state index contributed by atoms with van der Waals surface area (Å²) in [5.74, 6) is -0.533. The molecule has 2 atom stereocenters. The van der Waals surface area contributed by atoms with Gasteiger partial charge in [-0.25, -0.2) is 0 Å². The van der Waals surface area contributed by atoms with Crippen LogP contribution in [-0.2, 0) is 20.9 Å². The van der Waals surface area contributed by atoms with Gasteiger partial charge in [-0.2, -0.15) is 0 Å². The Kier molecular flexibility index (Phi) is 8.35. The molecular weight excluding hydrogens is 410 g/mol. The monoisotopic (exact) mass is 443 g/mol. The van der Waals surface area contributed by atoms with Crippen LogP contribution in [0.5, 0.6) is 0 Å². The number of nitrogens with zero attached hydrogens (tertiary/aromatic N) is 2. The summed E-state index contributed by atoms with van der Waals surface area (Å²) in [5.41, 5.74) is 12.9. The van der Waals surface area contributed by atoms with Crippen LogP contribution in [0, 0.1) is 11.8 Å². The molecule has 0 bridgehead atoms. The molecule has 1 saturated carbocycles. The van der Waals surface area contributed by atoms with Crippen LogP contribution in [0.15, 0.2) is 29.3 Å². The van der Waals surface area contributed by atoms with Crippen molar-refractivity contribution in [3.8, 4) is 0 Å². The van der Waals surface area contributed by atoms with E-state index in [9.17, 15) is 14.4 Å². The standard InChI is InChI=1S/C23H33N5O4/c24-11-20(29)27-23(32)19-10-18(16-4-2-1-3-5-16)14-28(19)13-15-6-8-17(9-7-15)22(25)26-12-21(30)31/h6-9,16,18-19H,1-5,10-14,24H2,(H2,25,26)(H,30,31)(H,27,29,32)/t18?,19-/m0/s1. The van der Waals surface area contributed by atoms with Crippen molar-refractivity contribution >= 4 is 23.6 Å². The largest absolute Gasteiger partial charge is 0.480 e. The lowest BCUT2D eigenvalue weighted by Gasteiger charge is -2.27. The van der Waals surface area contributed by atoms with E-state index in [1.54, 1.807) is 12.1 Å². The Labute approximate surface area is 188 Å². The molecule has 1 heterocycles. The van der Waals surface area contributed by atoms with Crippen molar-refractivity contribution in [1.29, 1.82) is 0 Å². The second-order valence-corrected chi connectivity index (χ2v) is 8.75. The van der Waals surface area contributed by atoms with Gasteiger partial charge in [-0.05, 0) is 23.8 Å². The highest BCUT2D eigenvalue weighted by molar-refractivity contribution is 5.99. The van der Waals surface area contributed by atoms with E-state index >= 15 is 0 Å². The SMILES string of the molecule is NCC(=O)NC(=O)[C@@H]1CC(C2CCCCC2)CN1Cc1ccc(C(N)=NCC(=O)O)cc1. The Bertz CT molecular complexity index is 848. The van der Waals surface area contributed by atoms with E-state index in [-0.39, 0.29) is 30.9 Å². The number of likely N-dealkylation sites (tertiary alicyclic amines) is 1. The Balaban J connectivity index is 1.70. The highest BCUT2D eigenvalue weighted by Crippen LogP contribution is 2.38. The summed E-state index contributed by atoms with van der Waals surface area (Å²) >= 11 is 0. The fourth-order valence-electron chi connectivity index (χ4n) is 4.86. The van der Waals surface area contributed by atoms with Gasteiger partial charge in [-0.1, -0.05) is 56.4 Å². The number of carbonyl (C=O) groups excluding carboxylic acids is 2. The molecule has 174 valence electrons. The molecule has 2 aliphatic rings. The zero-order valence-corrected chi connectivity index (χ0v) is 18.3. The highest BCUT2D eigenvalue weighted by atomic mass is 16.4. The fraction of sp³-hybridized carbons (Fsp3) is 0.565. The third-order valence-electron chi connectivity index (χ3n) is 6.52. The van der Waals surface area contributed by atoms with Crippen molar-refractivity contribution in [2.24, 2.45) is 28.3 Å². The molecule has 1 aromatic rings. The Morgan fingerprint density at radius 2 is 1.78 bits per heavy atom. The third-order valence-corrected chi connectivity index (χ3v) is 6.52. The zero-order chi connectivity index (χ0) is 23.1. The average Bonchev–Trinajstić information content (AvgIpc) is 3.22. The van der Waals surface area contributed by atoms with E-state index < -0.39 is 11.9 Å². The van der Waals surface area contributed by atoms with Crippen LogP contribution in [0.3, 0.4) is 0 Å². The van der Waals surface area contributed by atoms with Crippen LogP contribution < -0.4 is 16.8 Å². The number of rotatable bonds is 8. The Morgan fingerprint density at radius 1 is 1.09 bits per heavy atom. The van der Waals surface area contributed by atoms with E-state index in [2.05, 4.69) is 15.2 Å². The maximum Gasteiger partial charge on any atom is 0.325 e. The molecule has 6 N–H and O–H groups in total. The summed E-state index contributed by atoms with van der Waals surface area (Å²) in [7, 11) is 0. The molecule has 1 aliphatic carbocycles. The van der Waals surface area contributed by atoms with E-state index in [4.69, 9.17) is 16.6 Å². The summed E-state index contributed by atoms with van der Waals surface area (Å²) in [6.45, 7) is 0.813. The van der Waals surface area contributed by atoms with Crippen molar-refractivity contribution in [2.45, 2.75) is 51.1 Å². The number of imide groups is 1. The number of carboxylic acid groups (broad SMARTS) is 1. The smallest absolute Gasteiger partial charge is 0.325 e. The lowest BCUT2D eigenvalue weighted by atomic mass is 9.79. The Hall–Kier alpha value is -2.78. The van der Waals surface area contributed by atoms with Gasteiger partial charge in [0.25, 0.3) is 0 Å². The number of nitrogens with one attached hydrogen (secondary N) is 1. The fourth-order valence-corrected chi connectivity index (χ4v) is 4.86. The Morgan fingerprint density at radius 3 is 2.41 bits per heavy atom. The minimum atomic E-state index is -1.04. The van der Waals surface area contributed by atoms with Gasteiger partial charge in [-0.15, -0.1) is 0 Å². The molecule has 32 heavy (non-hydrogen) atoms. The molecule has 3 rings (SSSR count). The average molecular weight is 444 g/mol. The van der Waals surface area contributed by atoms with Crippen LogP contribution in [0.1, 0.15) is 49.7 Å². The molecule has 2 amide bonds. The van der Waals surface area contributed by atoms with Gasteiger partial charge in [-0.3, -0.25) is 29.6 Å². The number of hydrogen-bond acceptors (Lipinski definition) is 6. The number of nitrogens with two attached hydrogens (primary N) is 2. The molecule has 0 spiro atoms. The van der Waals surface area contributed by atoms with E-state index in [0.717, 1.165) is 18.5 Å². The van der Waals surface area contributed by atoms with Crippen molar-refractivity contribution in [3.63, 3.8) is 0 Å². The molecule has 2 fully saturated rings. The number of aliphatic carboxylic acids is 1. The van der Waals surface area contributed by atoms with Gasteiger partial charge < -0.3 is 16.6 Å². The van der Waals surface area contributed by atoms with Gasteiger partial charge in [0.05, 0.1) is 12.6 Å². The third kappa shape index (κ3) is 6.37. The lowest BCUT2D eigenvalue weighted by Crippen LogP contribution is -2.46. The van der Waals surface area contributed by atoms with Crippen molar-refractivity contribution in [3.05, 3.63) is 35.4 Å². The molecule has 1 aromatic carbocycles. The molecule has 1 unspecified atom stereocenters. The molecule has 1 aliphatic heterocycles. The van der Waals surface area contributed by atoms with Gasteiger partial charge in [0.15, 0.2) is 0 Å². The first-order valence-electron chi connectivity index (χ1n) is 11.3. The minimum absolute atomic E-state index is 0.176. The number of benzene rings is 1. The van der Waals surface area contributed by atoms with Crippen LogP contribution in [0.4, 0.5) is 0 Å². The lowest BCUT2D eigenvalue weighted by molar-refractivity contribution is -0.135. The number of amidine groups is 1. The van der Waals surface area contributed by atoms with Gasteiger partial charge in [0.2, 0.25) is 11.8 Å². The molecule has 1 saturated heterocycles. The zero-order valence-electron chi connectivity index (χ0n) is 18.3. The quantitative estimate of drug-likeness (QED) is 0.343. The van der Waals surface area contributed by atoms with E-state index in [1.165, 1.54) is 32.1 Å². The summed E-state index contributed by atoms with van der Waals surface area (Å²) in [6, 6.07) is 7.06. The van der Waals surface area contributed by atoms with Crippen molar-refractivity contribution in [1.82, 2.24) is 10.2 Å². The van der Waals surface area contributed by atoms with E-state index in [1.807, 2.05) is 12.1 Å². The summed E-state index contributed by atoms with van der Waals surface area (Å²) in [5, 5.41) is 11.2. The first-order valence-corrected chi connectivity index (χ1v) is 11.3. The minimum Gasteiger partial charge on any atom is -0.480 e. The molecule has 0 radical (unpaired) electrons. The normalized spacial score (nSPS) is 22.6. The van der Waals surface area contributed by atoms with Crippen LogP contribution in [0.25, 0.3) is 0 Å². The topological polar surface area (TPSA) is 151 Å². The van der Waals surface area contributed by atoms with Crippen LogP contribution in [-0.4, -0.2) is 59.3 Å². The van der Waals surface area contributed by atoms with Crippen molar-refractivity contribution in [2.75, 3.05) is 19.6 Å². The summed E-state index contributed by atoms with van der Waals surface area (Å²) in [6.07, 6.45) is 6.94. The van der Waals surface area contributed by atoms with E-state index in [0.29, 0.717) is 23.9 Å². The number of amides is 2. The summed E-state index contributed by atoms with van der Waals surface area (Å²) < 4.78 is 0. The first kappa shape index (κ1) is 23.9. The van der Waals surface area contributed by atoms with Crippen molar-refractivity contribution < 1.29 is 19.5 Å². The molecule has 0 aromatic heterocycles.